The normalized spacial score (nSPS) is 25.3. The highest BCUT2D eigenvalue weighted by molar-refractivity contribution is 6.62. The number of anilines is 1. The van der Waals surface area contributed by atoms with Gasteiger partial charge in [0.05, 0.1) is 34.5 Å². The minimum absolute atomic E-state index is 0.106. The molecule has 3 aliphatic heterocycles. The summed E-state index contributed by atoms with van der Waals surface area (Å²) < 4.78 is 25.4. The van der Waals surface area contributed by atoms with Crippen LogP contribution in [0.2, 0.25) is 0 Å². The Morgan fingerprint density at radius 3 is 1.18 bits per heavy atom. The maximum atomic E-state index is 6.34. The number of hydrogen-bond acceptors (Lipinski definition) is 5. The van der Waals surface area contributed by atoms with Gasteiger partial charge in [0.25, 0.3) is 0 Å². The van der Waals surface area contributed by atoms with Crippen molar-refractivity contribution in [2.75, 3.05) is 4.90 Å². The molecule has 7 heteroatoms. The smallest absolute Gasteiger partial charge is 0.399 e. The first kappa shape index (κ1) is 32.4. The third kappa shape index (κ3) is 5.91. The van der Waals surface area contributed by atoms with E-state index in [1.54, 1.807) is 0 Å². The second kappa shape index (κ2) is 11.0. The molecule has 3 heterocycles. The molecule has 0 radical (unpaired) electrons. The van der Waals surface area contributed by atoms with Crippen molar-refractivity contribution in [1.29, 1.82) is 0 Å². The van der Waals surface area contributed by atoms with E-state index in [2.05, 4.69) is 154 Å². The zero-order valence-electron chi connectivity index (χ0n) is 29.2. The van der Waals surface area contributed by atoms with Gasteiger partial charge in [-0.05, 0) is 113 Å². The maximum Gasteiger partial charge on any atom is 0.494 e. The monoisotopic (exact) mass is 607 g/mol. The Bertz CT molecular complexity index is 1390. The first-order valence-corrected chi connectivity index (χ1v) is 16.7. The summed E-state index contributed by atoms with van der Waals surface area (Å²) in [6.45, 7) is 23.6. The van der Waals surface area contributed by atoms with Gasteiger partial charge in [0.2, 0.25) is 0 Å². The molecule has 0 N–H and O–H groups in total. The fraction of sp³-hybridized carbons (Fsp3) is 0.526. The first-order valence-electron chi connectivity index (χ1n) is 16.7. The SMILES string of the molecule is CC(C)(C)c1ccc(N2[C@H](c3ccc(B4OC(C)(C)C(C)(C)O4)cc3)CC[C@H]2c2ccc(B3OC(C)(C)C(C)(C)O3)cc2)cc1. The summed E-state index contributed by atoms with van der Waals surface area (Å²) in [6, 6.07) is 27.5. The Morgan fingerprint density at radius 1 is 0.533 bits per heavy atom. The van der Waals surface area contributed by atoms with E-state index in [9.17, 15) is 0 Å². The fourth-order valence-corrected chi connectivity index (χ4v) is 6.67. The van der Waals surface area contributed by atoms with Crippen LogP contribution in [0.3, 0.4) is 0 Å². The van der Waals surface area contributed by atoms with Crippen molar-refractivity contribution < 1.29 is 18.6 Å². The average molecular weight is 607 g/mol. The van der Waals surface area contributed by atoms with E-state index in [4.69, 9.17) is 18.6 Å². The fourth-order valence-electron chi connectivity index (χ4n) is 6.67. The summed E-state index contributed by atoms with van der Waals surface area (Å²) in [5.41, 5.74) is 6.01. The van der Waals surface area contributed by atoms with Crippen molar-refractivity contribution in [3.63, 3.8) is 0 Å². The van der Waals surface area contributed by atoms with Gasteiger partial charge < -0.3 is 23.5 Å². The van der Waals surface area contributed by atoms with Gasteiger partial charge in [0.15, 0.2) is 0 Å². The standard InChI is InChI=1S/C38H51B2NO4/c1-34(2,3)28-16-22-31(23-17-28)41-32(26-12-18-29(19-13-26)39-42-35(4,5)36(6,7)43-39)24-25-33(41)27-14-20-30(21-15-27)40-44-37(8,9)38(10,11)45-40/h12-23,32-33H,24-25H2,1-11H3/t32-,33-/m0/s1. The van der Waals surface area contributed by atoms with E-state index in [-0.39, 0.29) is 54.1 Å². The highest BCUT2D eigenvalue weighted by Crippen LogP contribution is 2.47. The zero-order valence-corrected chi connectivity index (χ0v) is 29.2. The van der Waals surface area contributed by atoms with Gasteiger partial charge in [0.1, 0.15) is 0 Å². The van der Waals surface area contributed by atoms with Crippen LogP contribution in [0.1, 0.15) is 118 Å². The second-order valence-corrected chi connectivity index (χ2v) is 16.3. The van der Waals surface area contributed by atoms with Gasteiger partial charge in [-0.25, -0.2) is 0 Å². The Hall–Kier alpha value is -2.57. The van der Waals surface area contributed by atoms with Crippen molar-refractivity contribution in [2.24, 2.45) is 0 Å². The van der Waals surface area contributed by atoms with Crippen LogP contribution in [0.4, 0.5) is 5.69 Å². The van der Waals surface area contributed by atoms with Crippen molar-refractivity contribution in [2.45, 2.75) is 129 Å². The molecule has 238 valence electrons. The molecule has 6 rings (SSSR count). The summed E-state index contributed by atoms with van der Waals surface area (Å²) >= 11 is 0. The van der Waals surface area contributed by atoms with E-state index in [0.717, 1.165) is 23.8 Å². The van der Waals surface area contributed by atoms with Gasteiger partial charge in [-0.1, -0.05) is 81.4 Å². The number of rotatable bonds is 5. The summed E-state index contributed by atoms with van der Waals surface area (Å²) in [6.07, 6.45) is 2.14. The van der Waals surface area contributed by atoms with Crippen LogP contribution in [0.15, 0.2) is 72.8 Å². The number of hydrogen-bond donors (Lipinski definition) is 0. The second-order valence-electron chi connectivity index (χ2n) is 16.3. The maximum absolute atomic E-state index is 6.34. The molecule has 45 heavy (non-hydrogen) atoms. The van der Waals surface area contributed by atoms with Crippen molar-refractivity contribution in [3.05, 3.63) is 89.5 Å². The topological polar surface area (TPSA) is 40.2 Å². The van der Waals surface area contributed by atoms with Gasteiger partial charge in [0, 0.05) is 5.69 Å². The van der Waals surface area contributed by atoms with E-state index in [0.29, 0.717) is 0 Å². The molecule has 0 aromatic heterocycles. The molecule has 0 spiro atoms. The molecule has 0 aliphatic carbocycles. The minimum Gasteiger partial charge on any atom is -0.399 e. The number of nitrogens with zero attached hydrogens (tertiary/aromatic N) is 1. The Morgan fingerprint density at radius 2 is 0.867 bits per heavy atom. The molecule has 0 bridgehead atoms. The summed E-state index contributed by atoms with van der Waals surface area (Å²) in [5.74, 6) is 0. The summed E-state index contributed by atoms with van der Waals surface area (Å²) in [7, 11) is -0.715. The first-order chi connectivity index (χ1) is 20.9. The van der Waals surface area contributed by atoms with Crippen LogP contribution in [0.5, 0.6) is 0 Å². The number of benzene rings is 3. The zero-order chi connectivity index (χ0) is 32.6. The highest BCUT2D eigenvalue weighted by atomic mass is 16.7. The van der Waals surface area contributed by atoms with Crippen LogP contribution in [-0.2, 0) is 24.0 Å². The Labute approximate surface area is 272 Å². The lowest BCUT2D eigenvalue weighted by molar-refractivity contribution is 0.00578. The average Bonchev–Trinajstić information content (AvgIpc) is 3.56. The largest absolute Gasteiger partial charge is 0.494 e. The third-order valence-electron chi connectivity index (χ3n) is 11.1. The van der Waals surface area contributed by atoms with Crippen molar-refractivity contribution in [1.82, 2.24) is 0 Å². The molecular weight excluding hydrogens is 556 g/mol. The predicted molar refractivity (Wildman–Crippen MR) is 187 cm³/mol. The lowest BCUT2D eigenvalue weighted by Crippen LogP contribution is -2.41. The van der Waals surface area contributed by atoms with E-state index in [1.807, 2.05) is 0 Å². The minimum atomic E-state index is -0.358. The van der Waals surface area contributed by atoms with E-state index >= 15 is 0 Å². The lowest BCUT2D eigenvalue weighted by atomic mass is 9.78. The Balaban J connectivity index is 1.29. The van der Waals surface area contributed by atoms with Gasteiger partial charge in [-0.3, -0.25) is 0 Å². The highest BCUT2D eigenvalue weighted by Gasteiger charge is 2.53. The molecule has 3 aromatic carbocycles. The van der Waals surface area contributed by atoms with Crippen LogP contribution < -0.4 is 15.8 Å². The summed E-state index contributed by atoms with van der Waals surface area (Å²) in [5, 5.41) is 0. The summed E-state index contributed by atoms with van der Waals surface area (Å²) in [4.78, 5) is 2.63. The molecule has 5 nitrogen and oxygen atoms in total. The molecule has 3 aromatic rings. The van der Waals surface area contributed by atoms with E-state index in [1.165, 1.54) is 22.4 Å². The van der Waals surface area contributed by atoms with E-state index < -0.39 is 0 Å². The molecule has 0 amide bonds. The molecule has 3 aliphatic rings. The predicted octanol–water partition coefficient (Wildman–Crippen LogP) is 7.67. The van der Waals surface area contributed by atoms with Crippen LogP contribution in [0.25, 0.3) is 0 Å². The molecule has 3 saturated heterocycles. The van der Waals surface area contributed by atoms with Crippen molar-refractivity contribution >= 4 is 30.8 Å². The lowest BCUT2D eigenvalue weighted by Gasteiger charge is -2.34. The van der Waals surface area contributed by atoms with Crippen LogP contribution in [-0.4, -0.2) is 36.6 Å². The quantitative estimate of drug-likeness (QED) is 0.279. The van der Waals surface area contributed by atoms with Crippen LogP contribution in [0, 0.1) is 0 Å². The van der Waals surface area contributed by atoms with Gasteiger partial charge >= 0.3 is 14.2 Å². The third-order valence-corrected chi connectivity index (χ3v) is 11.1. The Kier molecular flexibility index (Phi) is 7.92. The molecule has 2 atom stereocenters. The van der Waals surface area contributed by atoms with Crippen molar-refractivity contribution in [3.8, 4) is 0 Å². The van der Waals surface area contributed by atoms with Crippen LogP contribution >= 0.6 is 0 Å². The molecular formula is C38H51B2NO4. The van der Waals surface area contributed by atoms with Gasteiger partial charge in [-0.2, -0.15) is 0 Å². The molecule has 0 saturated carbocycles. The molecule has 0 unspecified atom stereocenters. The molecule has 3 fully saturated rings. The van der Waals surface area contributed by atoms with Gasteiger partial charge in [-0.15, -0.1) is 0 Å².